The number of fused-ring (bicyclic) bond motifs is 2. The van der Waals surface area contributed by atoms with Crippen LogP contribution in [0.3, 0.4) is 0 Å². The van der Waals surface area contributed by atoms with Gasteiger partial charge in [-0.05, 0) is 99.1 Å². The molecule has 5 heteroatoms. The normalized spacial score (nSPS) is 12.7. The molecule has 4 nitrogen and oxygen atoms in total. The number of hydrogen-bond acceptors (Lipinski definition) is 4. The topological polar surface area (TPSA) is 63.1 Å². The van der Waals surface area contributed by atoms with E-state index in [9.17, 15) is 9.90 Å². The number of nitrogens with zero attached hydrogens (tertiary/aromatic N) is 2. The van der Waals surface area contributed by atoms with Gasteiger partial charge in [0.1, 0.15) is 0 Å². The van der Waals surface area contributed by atoms with Crippen LogP contribution in [-0.4, -0.2) is 20.9 Å². The Kier molecular flexibility index (Phi) is 16.9. The zero-order valence-corrected chi connectivity index (χ0v) is 41.5. The van der Waals surface area contributed by atoms with Gasteiger partial charge in [0.05, 0.1) is 11.2 Å². The van der Waals surface area contributed by atoms with Crippen LogP contribution in [0.15, 0.2) is 96.9 Å². The molecule has 2 heterocycles. The average Bonchev–Trinajstić information content (AvgIpc) is 3.23. The molecule has 0 amide bonds. The molecule has 6 aromatic rings. The number of ketones is 1. The smallest absolute Gasteiger partial charge is 0.162 e. The fraction of sp³-hybridized carbons (Fsp3) is 0.411. The molecule has 0 bridgehead atoms. The third kappa shape index (κ3) is 13.8. The van der Waals surface area contributed by atoms with Gasteiger partial charge in [-0.3, -0.25) is 4.79 Å². The molecule has 0 saturated heterocycles. The second kappa shape index (κ2) is 23.1. The zero-order valence-electron chi connectivity index (χ0n) is 43.1. The average molecular weight is 999 g/mol. The maximum absolute atomic E-state index is 11.7. The van der Waals surface area contributed by atoms with Crippen LogP contribution in [0, 0.1) is 44.7 Å². The van der Waals surface area contributed by atoms with Crippen molar-refractivity contribution in [3.8, 4) is 22.5 Å². The number of allylic oxidation sites excluding steroid dienone is 2. The van der Waals surface area contributed by atoms with Crippen LogP contribution < -0.4 is 0 Å². The van der Waals surface area contributed by atoms with E-state index in [4.69, 9.17) is 5.48 Å². The number of aliphatic hydroxyl groups is 1. The van der Waals surface area contributed by atoms with Crippen LogP contribution in [0.1, 0.15) is 153 Å². The SMILES string of the molecule is CCC(CC)C(=O)/C=C(\O)C(CC)CC.[2H]c1nc(-c2[c-]c(C)cc(C(C)(C)C)c2)c2ccc(C(C)C)cc2c1[2H].[2H]c1nc(-c2[c-]c(C)cc(C)c2)c2ccc(C(C)C)cc2c1[2H].[Ir]. The van der Waals surface area contributed by atoms with Gasteiger partial charge in [0.2, 0.25) is 0 Å². The first-order valence-electron chi connectivity index (χ1n) is 23.9. The number of hydrogen-bond donors (Lipinski definition) is 1. The van der Waals surface area contributed by atoms with Gasteiger partial charge in [-0.1, -0.05) is 133 Å². The Balaban J connectivity index is 0.000000267. The number of aliphatic hydroxyl groups excluding tert-OH is 1. The molecule has 6 rings (SSSR count). The summed E-state index contributed by atoms with van der Waals surface area (Å²) < 4.78 is 32.8. The summed E-state index contributed by atoms with van der Waals surface area (Å²) in [5, 5.41) is 13.2. The number of rotatable bonds is 11. The second-order valence-corrected chi connectivity index (χ2v) is 17.8. The number of carbonyl (C=O) groups excluding carboxylic acids is 1. The van der Waals surface area contributed by atoms with E-state index in [1.54, 1.807) is 0 Å². The minimum absolute atomic E-state index is 0. The van der Waals surface area contributed by atoms with Crippen molar-refractivity contribution in [1.29, 1.82) is 0 Å². The van der Waals surface area contributed by atoms with Crippen LogP contribution in [0.25, 0.3) is 44.1 Å². The molecule has 0 aliphatic heterocycles. The number of carbonyl (C=O) groups is 1. The molecule has 61 heavy (non-hydrogen) atoms. The molecule has 0 spiro atoms. The van der Waals surface area contributed by atoms with Crippen LogP contribution >= 0.6 is 0 Å². The molecular weight excluding hydrogens is 925 g/mol. The van der Waals surface area contributed by atoms with Gasteiger partial charge < -0.3 is 15.1 Å². The van der Waals surface area contributed by atoms with Gasteiger partial charge in [-0.15, -0.1) is 69.8 Å². The standard InChI is InChI=1S/C23H26N.C20H20N.C13H24O2.Ir/c1-15(2)17-7-8-21-18(13-17)9-10-24-22(21)19-11-16(3)12-20(14-19)23(4,5)6;1-13(2)16-5-6-19-17(12-16)7-8-21-20(19)18-10-14(3)9-15(4)11-18;1-5-10(6-2)12(14)9-13(15)11(7-3)8-4;/h7-10,12-15H,1-6H3;5-10,12-13H,1-4H3;9-11,14H,5-8H2,1-4H3;/q2*-1;;/b;;12-9-;/i9D,10D;7D,8D;;. The predicted octanol–water partition coefficient (Wildman–Crippen LogP) is 15.7. The molecule has 0 atom stereocenters. The van der Waals surface area contributed by atoms with E-state index in [1.165, 1.54) is 22.8 Å². The van der Waals surface area contributed by atoms with E-state index < -0.39 is 0 Å². The molecule has 1 N–H and O–H groups in total. The van der Waals surface area contributed by atoms with Crippen LogP contribution in [-0.2, 0) is 30.3 Å². The zero-order chi connectivity index (χ0) is 47.8. The van der Waals surface area contributed by atoms with E-state index in [0.717, 1.165) is 86.4 Å². The first kappa shape index (κ1) is 44.6. The predicted molar refractivity (Wildman–Crippen MR) is 257 cm³/mol. The number of pyridine rings is 2. The fourth-order valence-corrected chi connectivity index (χ4v) is 7.36. The molecule has 0 saturated carbocycles. The maximum atomic E-state index is 11.7. The summed E-state index contributed by atoms with van der Waals surface area (Å²) in [6.07, 6.45) is 4.94. The van der Waals surface area contributed by atoms with Gasteiger partial charge in [0.15, 0.2) is 5.78 Å². The summed E-state index contributed by atoms with van der Waals surface area (Å²) in [6, 6.07) is 27.8. The summed E-state index contributed by atoms with van der Waals surface area (Å²) in [5.74, 6) is 1.31. The van der Waals surface area contributed by atoms with Crippen LogP contribution in [0.4, 0.5) is 0 Å². The molecular formula is C56H70IrN2O2-2. The monoisotopic (exact) mass is 1000 g/mol. The van der Waals surface area contributed by atoms with E-state index >= 15 is 0 Å². The quantitative estimate of drug-likeness (QED) is 0.0798. The molecule has 4 aromatic carbocycles. The van der Waals surface area contributed by atoms with Crippen LogP contribution in [0.5, 0.6) is 0 Å². The van der Waals surface area contributed by atoms with Gasteiger partial charge >= 0.3 is 0 Å². The Labute approximate surface area is 387 Å². The van der Waals surface area contributed by atoms with Crippen LogP contribution in [0.2, 0.25) is 0 Å². The summed E-state index contributed by atoms with van der Waals surface area (Å²) >= 11 is 0. The summed E-state index contributed by atoms with van der Waals surface area (Å²) in [7, 11) is 0. The third-order valence-electron chi connectivity index (χ3n) is 11.3. The second-order valence-electron chi connectivity index (χ2n) is 17.8. The molecule has 0 fully saturated rings. The fourth-order valence-electron chi connectivity index (χ4n) is 7.36. The van der Waals surface area contributed by atoms with E-state index in [0.29, 0.717) is 11.8 Å². The van der Waals surface area contributed by atoms with E-state index in [2.05, 4.69) is 101 Å². The maximum Gasteiger partial charge on any atom is 0.162 e. The largest absolute Gasteiger partial charge is 0.512 e. The summed E-state index contributed by atoms with van der Waals surface area (Å²) in [4.78, 5) is 20.5. The van der Waals surface area contributed by atoms with Crippen molar-refractivity contribution >= 4 is 27.3 Å². The Hall–Kier alpha value is -4.44. The van der Waals surface area contributed by atoms with Crippen molar-refractivity contribution in [3.05, 3.63) is 142 Å². The van der Waals surface area contributed by atoms with Crippen molar-refractivity contribution in [2.75, 3.05) is 0 Å². The van der Waals surface area contributed by atoms with Crippen molar-refractivity contribution in [2.45, 2.75) is 140 Å². The minimum atomic E-state index is 0. The summed E-state index contributed by atoms with van der Waals surface area (Å²) in [6.45, 7) is 29.3. The van der Waals surface area contributed by atoms with Gasteiger partial charge in [-0.25, -0.2) is 0 Å². The first-order valence-corrected chi connectivity index (χ1v) is 21.9. The molecule has 1 radical (unpaired) electrons. The van der Waals surface area contributed by atoms with Crippen molar-refractivity contribution in [3.63, 3.8) is 0 Å². The van der Waals surface area contributed by atoms with E-state index in [-0.39, 0.29) is 73.3 Å². The Morgan fingerprint density at radius 1 is 0.689 bits per heavy atom. The van der Waals surface area contributed by atoms with E-state index in [1.807, 2.05) is 78.8 Å². The Bertz CT molecular complexity index is 2600. The Morgan fingerprint density at radius 3 is 1.54 bits per heavy atom. The number of benzene rings is 4. The third-order valence-corrected chi connectivity index (χ3v) is 11.3. The first-order chi connectivity index (χ1) is 30.0. The number of aromatic nitrogens is 2. The van der Waals surface area contributed by atoms with Gasteiger partial charge in [0, 0.05) is 50.4 Å². The molecule has 327 valence electrons. The summed E-state index contributed by atoms with van der Waals surface area (Å²) in [5.41, 5.74) is 10.1. The van der Waals surface area contributed by atoms with Crippen molar-refractivity contribution in [1.82, 2.24) is 9.97 Å². The van der Waals surface area contributed by atoms with Gasteiger partial charge in [0.25, 0.3) is 0 Å². The molecule has 0 aliphatic rings. The molecule has 0 unspecified atom stereocenters. The molecule has 0 aliphatic carbocycles. The van der Waals surface area contributed by atoms with Crippen molar-refractivity contribution < 1.29 is 35.5 Å². The minimum Gasteiger partial charge on any atom is -0.512 e. The molecule has 2 aromatic heterocycles. The van der Waals surface area contributed by atoms with Crippen molar-refractivity contribution in [2.24, 2.45) is 11.8 Å². The Morgan fingerprint density at radius 2 is 1.13 bits per heavy atom. The van der Waals surface area contributed by atoms with Gasteiger partial charge in [-0.2, -0.15) is 0 Å². The number of aryl methyl sites for hydroxylation is 3.